The lowest BCUT2D eigenvalue weighted by molar-refractivity contribution is -0.142. The molecule has 182 valence electrons. The first-order valence-electron chi connectivity index (χ1n) is 11.1. The van der Waals surface area contributed by atoms with Gasteiger partial charge in [0.2, 0.25) is 0 Å². The van der Waals surface area contributed by atoms with E-state index in [9.17, 15) is 32.3 Å². The van der Waals surface area contributed by atoms with Gasteiger partial charge < -0.3 is 15.0 Å². The van der Waals surface area contributed by atoms with Gasteiger partial charge in [-0.2, -0.15) is 13.2 Å². The largest absolute Gasteiger partial charge is 0.416 e. The van der Waals surface area contributed by atoms with Gasteiger partial charge >= 0.3 is 6.18 Å². The van der Waals surface area contributed by atoms with Crippen molar-refractivity contribution in [2.75, 3.05) is 6.54 Å². The Balaban J connectivity index is 1.39. The van der Waals surface area contributed by atoms with Crippen molar-refractivity contribution in [1.82, 2.24) is 14.9 Å². The minimum absolute atomic E-state index is 0.110. The number of rotatable bonds is 4. The molecule has 1 atom stereocenters. The molecule has 6 nitrogen and oxygen atoms in total. The Labute approximate surface area is 197 Å². The Morgan fingerprint density at radius 3 is 2.51 bits per heavy atom. The van der Waals surface area contributed by atoms with Crippen molar-refractivity contribution in [2.45, 2.75) is 43.5 Å². The van der Waals surface area contributed by atoms with Crippen LogP contribution in [0.3, 0.4) is 0 Å². The molecule has 0 saturated heterocycles. The number of carbonyl (C=O) groups is 1. The van der Waals surface area contributed by atoms with Gasteiger partial charge in [0.05, 0.1) is 28.8 Å². The van der Waals surface area contributed by atoms with Gasteiger partial charge in [-0.15, -0.1) is 0 Å². The number of aliphatic hydroxyl groups excluding tert-OH is 1. The average Bonchev–Trinajstić information content (AvgIpc) is 3.65. The summed E-state index contributed by atoms with van der Waals surface area (Å²) < 4.78 is 52.8. The molecule has 1 unspecified atom stereocenters. The van der Waals surface area contributed by atoms with Gasteiger partial charge in [0, 0.05) is 13.0 Å². The topological polar surface area (TPSA) is 86.3 Å². The fraction of sp³-hybridized carbons (Fsp3) is 0.320. The number of alkyl halides is 3. The minimum Gasteiger partial charge on any atom is -0.378 e. The van der Waals surface area contributed by atoms with Gasteiger partial charge in [0.15, 0.2) is 6.10 Å². The number of aromatic nitrogens is 2. The van der Waals surface area contributed by atoms with E-state index < -0.39 is 40.7 Å². The molecule has 0 spiro atoms. The van der Waals surface area contributed by atoms with Crippen LogP contribution in [0.1, 0.15) is 52.7 Å². The molecular formula is C25H21F4N3O3. The Morgan fingerprint density at radius 1 is 1.14 bits per heavy atom. The molecule has 2 aromatic carbocycles. The van der Waals surface area contributed by atoms with E-state index in [0.717, 1.165) is 18.4 Å². The van der Waals surface area contributed by atoms with Crippen LogP contribution in [0.25, 0.3) is 0 Å². The lowest BCUT2D eigenvalue weighted by Gasteiger charge is -2.30. The molecule has 1 fully saturated rings. The number of aliphatic hydroxyl groups is 1. The smallest absolute Gasteiger partial charge is 0.378 e. The highest BCUT2D eigenvalue weighted by atomic mass is 19.4. The zero-order chi connectivity index (χ0) is 25.0. The number of carbonyl (C=O) groups excluding carboxylic acids is 1. The molecule has 1 aliphatic heterocycles. The average molecular weight is 487 g/mol. The quantitative estimate of drug-likeness (QED) is 0.551. The first-order chi connectivity index (χ1) is 16.6. The van der Waals surface area contributed by atoms with Crippen LogP contribution in [-0.2, 0) is 29.4 Å². The Morgan fingerprint density at radius 2 is 1.86 bits per heavy atom. The van der Waals surface area contributed by atoms with Gasteiger partial charge in [-0.3, -0.25) is 9.59 Å². The molecule has 1 amide bonds. The summed E-state index contributed by atoms with van der Waals surface area (Å²) in [6, 6.07) is 11.3. The molecule has 1 saturated carbocycles. The number of amides is 1. The SMILES string of the molecule is O=C(C(O)c1cc(F)cc(C(F)(F)F)c1)N1CCc2nc(C3(c4ccccc4)CC3)[nH]c(=O)c2C1. The molecule has 0 radical (unpaired) electrons. The van der Waals surface area contributed by atoms with Crippen LogP contribution in [0.5, 0.6) is 0 Å². The number of H-pyrrole nitrogens is 1. The van der Waals surface area contributed by atoms with Gasteiger partial charge in [-0.25, -0.2) is 9.37 Å². The number of benzene rings is 2. The molecule has 1 aromatic heterocycles. The summed E-state index contributed by atoms with van der Waals surface area (Å²) in [6.07, 6.45) is -4.90. The monoisotopic (exact) mass is 487 g/mol. The zero-order valence-corrected chi connectivity index (χ0v) is 18.4. The van der Waals surface area contributed by atoms with Crippen molar-refractivity contribution in [3.63, 3.8) is 0 Å². The number of nitrogens with one attached hydrogen (secondary N) is 1. The van der Waals surface area contributed by atoms with Crippen LogP contribution < -0.4 is 5.56 Å². The van der Waals surface area contributed by atoms with E-state index in [1.54, 1.807) is 0 Å². The molecule has 2 aliphatic rings. The standard InChI is InChI=1S/C25H21F4N3O3/c26-17-11-14(10-16(12-17)25(27,28)29)20(33)22(35)32-9-6-19-18(13-32)21(34)31-23(30-19)24(7-8-24)15-4-2-1-3-5-15/h1-5,10-12,20,33H,6-9,13H2,(H,30,31,34). The summed E-state index contributed by atoms with van der Waals surface area (Å²) in [6.45, 7) is -0.0494. The summed E-state index contributed by atoms with van der Waals surface area (Å²) in [5, 5.41) is 10.4. The zero-order valence-electron chi connectivity index (χ0n) is 18.4. The van der Waals surface area contributed by atoms with Gasteiger partial charge in [0.25, 0.3) is 11.5 Å². The summed E-state index contributed by atoms with van der Waals surface area (Å²) in [7, 11) is 0. The first-order valence-corrected chi connectivity index (χ1v) is 11.1. The Hall–Kier alpha value is -3.53. The summed E-state index contributed by atoms with van der Waals surface area (Å²) in [5.74, 6) is -1.56. The molecule has 3 aromatic rings. The van der Waals surface area contributed by atoms with E-state index in [-0.39, 0.29) is 30.5 Å². The second-order valence-electron chi connectivity index (χ2n) is 8.97. The fourth-order valence-electron chi connectivity index (χ4n) is 4.63. The number of hydrogen-bond donors (Lipinski definition) is 2. The molecule has 10 heteroatoms. The highest BCUT2D eigenvalue weighted by Gasteiger charge is 2.48. The summed E-state index contributed by atoms with van der Waals surface area (Å²) >= 11 is 0. The predicted octanol–water partition coefficient (Wildman–Crippen LogP) is 3.63. The lowest BCUT2D eigenvalue weighted by Crippen LogP contribution is -2.42. The molecule has 0 bridgehead atoms. The molecule has 35 heavy (non-hydrogen) atoms. The van der Waals surface area contributed by atoms with E-state index in [1.165, 1.54) is 4.90 Å². The minimum atomic E-state index is -4.83. The number of fused-ring (bicyclic) bond motifs is 1. The van der Waals surface area contributed by atoms with Gasteiger partial charge in [-0.1, -0.05) is 30.3 Å². The van der Waals surface area contributed by atoms with Crippen molar-refractivity contribution in [1.29, 1.82) is 0 Å². The predicted molar refractivity (Wildman–Crippen MR) is 117 cm³/mol. The van der Waals surface area contributed by atoms with Crippen LogP contribution in [0.15, 0.2) is 53.3 Å². The maximum Gasteiger partial charge on any atom is 0.416 e. The highest BCUT2D eigenvalue weighted by Crippen LogP contribution is 2.52. The maximum atomic E-state index is 13.7. The van der Waals surface area contributed by atoms with E-state index in [4.69, 9.17) is 4.98 Å². The highest BCUT2D eigenvalue weighted by molar-refractivity contribution is 5.82. The van der Waals surface area contributed by atoms with Crippen molar-refractivity contribution in [3.05, 3.63) is 98.5 Å². The van der Waals surface area contributed by atoms with E-state index in [0.29, 0.717) is 29.7 Å². The Kier molecular flexibility index (Phi) is 5.51. The van der Waals surface area contributed by atoms with Gasteiger partial charge in [-0.05, 0) is 42.2 Å². The number of hydrogen-bond acceptors (Lipinski definition) is 4. The normalized spacial score (nSPS) is 17.6. The molecule has 1 aliphatic carbocycles. The van der Waals surface area contributed by atoms with Crippen LogP contribution in [-0.4, -0.2) is 32.4 Å². The third kappa shape index (κ3) is 4.22. The fourth-order valence-corrected chi connectivity index (χ4v) is 4.63. The van der Waals surface area contributed by atoms with Gasteiger partial charge in [0.1, 0.15) is 11.6 Å². The second kappa shape index (κ2) is 8.30. The first kappa shape index (κ1) is 23.2. The Bertz CT molecular complexity index is 1350. The molecule has 2 heterocycles. The van der Waals surface area contributed by atoms with Crippen molar-refractivity contribution < 1.29 is 27.5 Å². The van der Waals surface area contributed by atoms with Crippen LogP contribution in [0.4, 0.5) is 17.6 Å². The van der Waals surface area contributed by atoms with Crippen LogP contribution in [0.2, 0.25) is 0 Å². The third-order valence-electron chi connectivity index (χ3n) is 6.71. The summed E-state index contributed by atoms with van der Waals surface area (Å²) in [5.41, 5.74) is -0.671. The maximum absolute atomic E-state index is 13.7. The van der Waals surface area contributed by atoms with Crippen molar-refractivity contribution in [2.24, 2.45) is 0 Å². The van der Waals surface area contributed by atoms with E-state index in [1.807, 2.05) is 30.3 Å². The second-order valence-corrected chi connectivity index (χ2v) is 8.97. The van der Waals surface area contributed by atoms with Crippen LogP contribution >= 0.6 is 0 Å². The summed E-state index contributed by atoms with van der Waals surface area (Å²) in [4.78, 5) is 34.5. The van der Waals surface area contributed by atoms with Crippen LogP contribution in [0, 0.1) is 5.82 Å². The number of nitrogens with zero attached hydrogens (tertiary/aromatic N) is 2. The van der Waals surface area contributed by atoms with E-state index >= 15 is 0 Å². The van der Waals surface area contributed by atoms with E-state index in [2.05, 4.69) is 4.98 Å². The lowest BCUT2D eigenvalue weighted by atomic mass is 9.94. The number of aromatic amines is 1. The third-order valence-corrected chi connectivity index (χ3v) is 6.71. The molecule has 2 N–H and O–H groups in total. The molecular weight excluding hydrogens is 466 g/mol. The number of halogens is 4. The van der Waals surface area contributed by atoms with Crippen molar-refractivity contribution >= 4 is 5.91 Å². The van der Waals surface area contributed by atoms with Crippen molar-refractivity contribution in [3.8, 4) is 0 Å². The molecule has 5 rings (SSSR count).